The van der Waals surface area contributed by atoms with Crippen molar-refractivity contribution >= 4 is 51.7 Å². The summed E-state index contributed by atoms with van der Waals surface area (Å²) >= 11 is 11.9. The van der Waals surface area contributed by atoms with E-state index in [9.17, 15) is 21.4 Å². The summed E-state index contributed by atoms with van der Waals surface area (Å²) in [6, 6.07) is 9.87. The molecule has 1 aliphatic rings. The smallest absolute Gasteiger partial charge is 0.324 e. The first-order valence-electron chi connectivity index (χ1n) is 12.4. The fraction of sp³-hybridized carbons (Fsp3) is 0.440. The third-order valence-corrected chi connectivity index (χ3v) is 10.5. The molecular weight excluding hydrogens is 606 g/mol. The largest absolute Gasteiger partial charge is 0.495 e. The average molecular weight is 639 g/mol. The summed E-state index contributed by atoms with van der Waals surface area (Å²) in [5.41, 5.74) is 0. The minimum Gasteiger partial charge on any atom is -0.495 e. The van der Waals surface area contributed by atoms with E-state index in [0.29, 0.717) is 47.2 Å². The fourth-order valence-corrected chi connectivity index (χ4v) is 7.77. The van der Waals surface area contributed by atoms with Crippen molar-refractivity contribution in [1.82, 2.24) is 9.03 Å². The summed E-state index contributed by atoms with van der Waals surface area (Å²) in [7, 11) is -8.54. The number of rotatable bonds is 14. The molecule has 2 aromatic carbocycles. The van der Waals surface area contributed by atoms with Gasteiger partial charge in [0.2, 0.25) is 20.0 Å². The van der Waals surface area contributed by atoms with Gasteiger partial charge in [-0.2, -0.15) is 4.31 Å². The van der Waals surface area contributed by atoms with Crippen molar-refractivity contribution in [3.8, 4) is 0 Å². The van der Waals surface area contributed by atoms with Gasteiger partial charge < -0.3 is 9.47 Å². The van der Waals surface area contributed by atoms with Gasteiger partial charge in [0, 0.05) is 29.1 Å². The Morgan fingerprint density at radius 1 is 0.949 bits per heavy atom. The first-order chi connectivity index (χ1) is 18.5. The Hall–Kier alpha value is -1.72. The number of hydrogen-bond donors (Lipinski definition) is 1. The number of nitrogens with zero attached hydrogens (tertiary/aromatic N) is 1. The number of halogens is 2. The molecule has 3 rings (SSSR count). The molecule has 214 valence electrons. The predicted molar refractivity (Wildman–Crippen MR) is 153 cm³/mol. The first-order valence-corrected chi connectivity index (χ1v) is 17.2. The second-order valence-corrected chi connectivity index (χ2v) is 14.0. The number of hydrogen-bond acceptors (Lipinski definition) is 7. The number of benzene rings is 2. The summed E-state index contributed by atoms with van der Waals surface area (Å²) in [6.45, 7) is 3.99. The molecule has 0 aliphatic carbocycles. The molecule has 9 nitrogen and oxygen atoms in total. The molecule has 1 saturated heterocycles. The number of nitrogens with one attached hydrogen (secondary N) is 1. The van der Waals surface area contributed by atoms with Gasteiger partial charge in [0.25, 0.3) is 0 Å². The Kier molecular flexibility index (Phi) is 11.6. The van der Waals surface area contributed by atoms with Crippen molar-refractivity contribution in [2.24, 2.45) is 0 Å². The Labute approximate surface area is 241 Å². The molecule has 2 aromatic rings. The van der Waals surface area contributed by atoms with Gasteiger partial charge >= 0.3 is 8.46 Å². The second-order valence-electron chi connectivity index (χ2n) is 8.70. The van der Waals surface area contributed by atoms with Crippen LogP contribution < -0.4 is 4.72 Å². The fourth-order valence-electron chi connectivity index (χ4n) is 4.32. The number of allylic oxidation sites excluding steroid dienone is 1. The van der Waals surface area contributed by atoms with E-state index in [1.54, 1.807) is 13.8 Å². The Balaban J connectivity index is 2.05. The van der Waals surface area contributed by atoms with Crippen molar-refractivity contribution in [2.45, 2.75) is 55.0 Å². The maximum atomic E-state index is 13.9. The standard InChI is InChI=1S/C25H31Cl2N2O7PS2/c1-3-35-24(6-5-15-37-30)25(36-4-2)23-16-20(28-38(31,32)21-11-7-18(26)8-12-21)17-29(23)39(33,34)22-13-9-19(27)10-14-22/h7-14,20,23,28H,3-6,15-17H2,1-2H3/p+1/t20-,23+/m1/s1. The van der Waals surface area contributed by atoms with E-state index >= 15 is 0 Å². The van der Waals surface area contributed by atoms with Gasteiger partial charge in [-0.05, 0) is 75.2 Å². The maximum absolute atomic E-state index is 13.9. The van der Waals surface area contributed by atoms with Gasteiger partial charge in [-0.3, -0.25) is 0 Å². The van der Waals surface area contributed by atoms with Crippen LogP contribution in [0.1, 0.15) is 33.1 Å². The van der Waals surface area contributed by atoms with Crippen molar-refractivity contribution in [2.75, 3.05) is 25.9 Å². The summed E-state index contributed by atoms with van der Waals surface area (Å²) < 4.78 is 80.8. The second kappa shape index (κ2) is 14.3. The molecular formula is C25H32Cl2N2O7PS2+. The van der Waals surface area contributed by atoms with Gasteiger partial charge in [-0.25, -0.2) is 21.6 Å². The summed E-state index contributed by atoms with van der Waals surface area (Å²) in [4.78, 5) is 0.0240. The van der Waals surface area contributed by atoms with Crippen molar-refractivity contribution in [1.29, 1.82) is 0 Å². The maximum Gasteiger partial charge on any atom is 0.324 e. The van der Waals surface area contributed by atoms with Gasteiger partial charge in [0.1, 0.15) is 11.9 Å². The van der Waals surface area contributed by atoms with E-state index in [1.807, 2.05) is 0 Å². The normalized spacial score (nSPS) is 19.2. The van der Waals surface area contributed by atoms with Crippen LogP contribution in [0.5, 0.6) is 0 Å². The van der Waals surface area contributed by atoms with E-state index in [0.717, 1.165) is 0 Å². The van der Waals surface area contributed by atoms with Crippen molar-refractivity contribution < 1.29 is 30.9 Å². The highest BCUT2D eigenvalue weighted by Gasteiger charge is 2.45. The van der Waals surface area contributed by atoms with Crippen LogP contribution in [0, 0.1) is 0 Å². The van der Waals surface area contributed by atoms with Gasteiger partial charge in [-0.1, -0.05) is 27.8 Å². The molecule has 0 spiro atoms. The van der Waals surface area contributed by atoms with E-state index in [2.05, 4.69) is 4.72 Å². The van der Waals surface area contributed by atoms with Crippen LogP contribution in [0.3, 0.4) is 0 Å². The molecule has 1 heterocycles. The van der Waals surface area contributed by atoms with Gasteiger partial charge in [0.05, 0.1) is 29.0 Å². The molecule has 0 saturated carbocycles. The van der Waals surface area contributed by atoms with E-state index in [1.165, 1.54) is 52.8 Å². The highest BCUT2D eigenvalue weighted by Crippen LogP contribution is 2.34. The number of sulfonamides is 2. The minimum absolute atomic E-state index is 0.0106. The zero-order valence-corrected chi connectivity index (χ0v) is 25.7. The Morgan fingerprint density at radius 2 is 1.51 bits per heavy atom. The zero-order valence-electron chi connectivity index (χ0n) is 21.6. The lowest BCUT2D eigenvalue weighted by Gasteiger charge is -2.27. The zero-order chi connectivity index (χ0) is 28.6. The summed E-state index contributed by atoms with van der Waals surface area (Å²) in [6.07, 6.45) is 1.51. The van der Waals surface area contributed by atoms with Crippen LogP contribution in [-0.2, 0) is 34.1 Å². The molecule has 0 radical (unpaired) electrons. The van der Waals surface area contributed by atoms with Crippen LogP contribution in [0.2, 0.25) is 10.0 Å². The summed E-state index contributed by atoms with van der Waals surface area (Å²) in [5.74, 6) is 0.777. The van der Waals surface area contributed by atoms with Crippen molar-refractivity contribution in [3.05, 3.63) is 70.1 Å². The molecule has 1 unspecified atom stereocenters. The molecule has 14 heteroatoms. The molecule has 1 aliphatic heterocycles. The molecule has 39 heavy (non-hydrogen) atoms. The highest BCUT2D eigenvalue weighted by atomic mass is 35.5. The molecule has 1 N–H and O–H groups in total. The predicted octanol–water partition coefficient (Wildman–Crippen LogP) is 5.19. The molecule has 0 aromatic heterocycles. The van der Waals surface area contributed by atoms with Crippen LogP contribution >= 0.6 is 31.7 Å². The topological polar surface area (TPSA) is 119 Å². The molecule has 3 atom stereocenters. The average Bonchev–Trinajstić information content (AvgIpc) is 3.31. The molecule has 1 fully saturated rings. The van der Waals surface area contributed by atoms with Gasteiger partial charge in [-0.15, -0.1) is 0 Å². The lowest BCUT2D eigenvalue weighted by Crippen LogP contribution is -2.40. The molecule has 0 amide bonds. The Bertz CT molecular complexity index is 1370. The van der Waals surface area contributed by atoms with Crippen LogP contribution in [0.15, 0.2) is 69.8 Å². The van der Waals surface area contributed by atoms with Crippen molar-refractivity contribution in [3.63, 3.8) is 0 Å². The lowest BCUT2D eigenvalue weighted by atomic mass is 10.1. The third-order valence-electron chi connectivity index (χ3n) is 6.00. The quantitative estimate of drug-likeness (QED) is 0.172. The monoisotopic (exact) mass is 637 g/mol. The van der Waals surface area contributed by atoms with Crippen LogP contribution in [0.4, 0.5) is 0 Å². The summed E-state index contributed by atoms with van der Waals surface area (Å²) in [5, 5.41) is 0.774. The van der Waals surface area contributed by atoms with Gasteiger partial charge in [0.15, 0.2) is 5.76 Å². The van der Waals surface area contributed by atoms with E-state index in [-0.39, 0.29) is 29.4 Å². The molecule has 0 bridgehead atoms. The Morgan fingerprint density at radius 3 is 2.05 bits per heavy atom. The van der Waals surface area contributed by atoms with Crippen LogP contribution in [0.25, 0.3) is 0 Å². The van der Waals surface area contributed by atoms with Crippen LogP contribution in [-0.4, -0.2) is 59.1 Å². The SMILES string of the molecule is CCOC(CCC[PH+]=O)=C(OCC)[C@@H]1C[C@@H](NS(=O)(=O)c2ccc(Cl)cc2)CN1S(=O)(=O)c1ccc(Cl)cc1. The van der Waals surface area contributed by atoms with E-state index < -0.39 is 40.6 Å². The lowest BCUT2D eigenvalue weighted by molar-refractivity contribution is 0.133. The van der Waals surface area contributed by atoms with E-state index in [4.69, 9.17) is 32.7 Å². The highest BCUT2D eigenvalue weighted by molar-refractivity contribution is 7.89. The minimum atomic E-state index is -4.10. The first kappa shape index (κ1) is 31.8. The third kappa shape index (κ3) is 8.16. The number of ether oxygens (including phenoxy) is 2.